The van der Waals surface area contributed by atoms with Gasteiger partial charge in [-0.3, -0.25) is 0 Å². The lowest BCUT2D eigenvalue weighted by atomic mass is 9.98. The van der Waals surface area contributed by atoms with E-state index < -0.39 is 5.60 Å². The van der Waals surface area contributed by atoms with E-state index in [1.54, 1.807) is 0 Å². The van der Waals surface area contributed by atoms with Crippen molar-refractivity contribution in [3.63, 3.8) is 0 Å². The van der Waals surface area contributed by atoms with Crippen LogP contribution in [0.1, 0.15) is 51.6 Å². The Morgan fingerprint density at radius 3 is 2.81 bits per heavy atom. The predicted molar refractivity (Wildman–Crippen MR) is 90.2 cm³/mol. The Labute approximate surface area is 133 Å². The van der Waals surface area contributed by atoms with Gasteiger partial charge in [0.15, 0.2) is 0 Å². The molecule has 0 spiro atoms. The molecule has 0 bridgehead atoms. The summed E-state index contributed by atoms with van der Waals surface area (Å²) in [4.78, 5) is 2.30. The molecule has 21 heavy (non-hydrogen) atoms. The summed E-state index contributed by atoms with van der Waals surface area (Å²) in [5.41, 5.74) is 1.76. The van der Waals surface area contributed by atoms with E-state index in [1.807, 2.05) is 6.92 Å². The van der Waals surface area contributed by atoms with E-state index >= 15 is 0 Å². The lowest BCUT2D eigenvalue weighted by molar-refractivity contribution is 0.0481. The summed E-state index contributed by atoms with van der Waals surface area (Å²) in [5, 5.41) is 14.4. The maximum absolute atomic E-state index is 10.2. The first-order valence-corrected chi connectivity index (χ1v) is 8.31. The molecule has 118 valence electrons. The average Bonchev–Trinajstić information content (AvgIpc) is 2.60. The number of nitrogens with zero attached hydrogens (tertiary/aromatic N) is 1. The quantitative estimate of drug-likeness (QED) is 0.889. The van der Waals surface area contributed by atoms with Gasteiger partial charge >= 0.3 is 0 Å². The smallest absolute Gasteiger partial charge is 0.0642 e. The molecule has 0 aromatic heterocycles. The minimum atomic E-state index is -0.541. The molecule has 0 radical (unpaired) electrons. The summed E-state index contributed by atoms with van der Waals surface area (Å²) in [7, 11) is 0. The zero-order valence-electron chi connectivity index (χ0n) is 13.3. The maximum atomic E-state index is 10.2. The van der Waals surface area contributed by atoms with Crippen molar-refractivity contribution in [3.05, 3.63) is 28.8 Å². The Kier molecular flexibility index (Phi) is 5.53. The van der Waals surface area contributed by atoms with Crippen LogP contribution in [0, 0.1) is 0 Å². The summed E-state index contributed by atoms with van der Waals surface area (Å²) in [6.45, 7) is 8.95. The van der Waals surface area contributed by atoms with Crippen molar-refractivity contribution in [2.45, 2.75) is 51.7 Å². The van der Waals surface area contributed by atoms with Crippen LogP contribution in [0.25, 0.3) is 0 Å². The third-order valence-electron chi connectivity index (χ3n) is 4.39. The van der Waals surface area contributed by atoms with Crippen LogP contribution < -0.4 is 10.2 Å². The van der Waals surface area contributed by atoms with Crippen LogP contribution in [0.5, 0.6) is 0 Å². The van der Waals surface area contributed by atoms with Gasteiger partial charge in [0, 0.05) is 19.1 Å². The molecule has 3 nitrogen and oxygen atoms in total. The first-order valence-electron chi connectivity index (χ1n) is 7.93. The third kappa shape index (κ3) is 4.35. The van der Waals surface area contributed by atoms with Gasteiger partial charge in [-0.05, 0) is 57.4 Å². The summed E-state index contributed by atoms with van der Waals surface area (Å²) in [6.07, 6.45) is 2.65. The molecule has 2 atom stereocenters. The van der Waals surface area contributed by atoms with Gasteiger partial charge in [-0.1, -0.05) is 24.6 Å². The van der Waals surface area contributed by atoms with E-state index in [-0.39, 0.29) is 0 Å². The number of benzene rings is 1. The molecule has 0 amide bonds. The Morgan fingerprint density at radius 1 is 1.38 bits per heavy atom. The zero-order chi connectivity index (χ0) is 15.5. The fourth-order valence-electron chi connectivity index (χ4n) is 2.98. The molecular formula is C17H27ClN2O. The lowest BCUT2D eigenvalue weighted by Gasteiger charge is -2.26. The number of hydrogen-bond acceptors (Lipinski definition) is 3. The highest BCUT2D eigenvalue weighted by Crippen LogP contribution is 2.32. The van der Waals surface area contributed by atoms with E-state index in [4.69, 9.17) is 11.6 Å². The topological polar surface area (TPSA) is 35.5 Å². The Hall–Kier alpha value is -0.770. The molecular weight excluding hydrogens is 284 g/mol. The van der Waals surface area contributed by atoms with E-state index in [0.29, 0.717) is 6.04 Å². The highest BCUT2D eigenvalue weighted by Gasteiger charge is 2.25. The fraction of sp³-hybridized carbons (Fsp3) is 0.647. The number of nitrogens with one attached hydrogen (secondary N) is 1. The van der Waals surface area contributed by atoms with Crippen LogP contribution >= 0.6 is 11.6 Å². The first-order chi connectivity index (χ1) is 9.93. The first kappa shape index (κ1) is 16.6. The standard InChI is InChI=1S/C17H27ClN2O/c1-4-19-13(2)14-6-7-16(15(18)12-14)20-10-5-8-17(3,21)9-11-20/h6-7,12-13,19,21H,4-5,8-11H2,1-3H3. The van der Waals surface area contributed by atoms with Crippen LogP contribution in [-0.2, 0) is 0 Å². The molecule has 2 rings (SSSR count). The van der Waals surface area contributed by atoms with Gasteiger partial charge < -0.3 is 15.3 Å². The summed E-state index contributed by atoms with van der Waals surface area (Å²) in [5.74, 6) is 0. The van der Waals surface area contributed by atoms with E-state index in [2.05, 4.69) is 42.3 Å². The van der Waals surface area contributed by atoms with Crippen LogP contribution in [0.3, 0.4) is 0 Å². The SMILES string of the molecule is CCNC(C)c1ccc(N2CCCC(C)(O)CC2)c(Cl)c1. The van der Waals surface area contributed by atoms with Crippen LogP contribution in [-0.4, -0.2) is 30.3 Å². The maximum Gasteiger partial charge on any atom is 0.0642 e. The Morgan fingerprint density at radius 2 is 2.14 bits per heavy atom. The average molecular weight is 311 g/mol. The molecule has 4 heteroatoms. The molecule has 1 fully saturated rings. The number of hydrogen-bond donors (Lipinski definition) is 2. The van der Waals surface area contributed by atoms with Crippen LogP contribution in [0.4, 0.5) is 5.69 Å². The minimum Gasteiger partial charge on any atom is -0.390 e. The zero-order valence-corrected chi connectivity index (χ0v) is 14.1. The van der Waals surface area contributed by atoms with Gasteiger partial charge in [0.25, 0.3) is 0 Å². The second-order valence-electron chi connectivity index (χ2n) is 6.33. The van der Waals surface area contributed by atoms with E-state index in [0.717, 1.165) is 49.6 Å². The van der Waals surface area contributed by atoms with Crippen molar-refractivity contribution in [2.75, 3.05) is 24.5 Å². The van der Waals surface area contributed by atoms with Gasteiger partial charge in [0.2, 0.25) is 0 Å². The summed E-state index contributed by atoms with van der Waals surface area (Å²) < 4.78 is 0. The largest absolute Gasteiger partial charge is 0.390 e. The number of halogens is 1. The van der Waals surface area contributed by atoms with Gasteiger partial charge in [-0.25, -0.2) is 0 Å². The fourth-order valence-corrected chi connectivity index (χ4v) is 3.29. The second-order valence-corrected chi connectivity index (χ2v) is 6.73. The molecule has 1 aromatic carbocycles. The molecule has 1 aromatic rings. The predicted octanol–water partition coefficient (Wildman–Crippen LogP) is 3.75. The molecule has 0 saturated carbocycles. The number of aliphatic hydroxyl groups is 1. The number of rotatable bonds is 4. The van der Waals surface area contributed by atoms with Crippen molar-refractivity contribution >= 4 is 17.3 Å². The highest BCUT2D eigenvalue weighted by atomic mass is 35.5. The molecule has 1 saturated heterocycles. The molecule has 2 N–H and O–H groups in total. The molecule has 1 heterocycles. The molecule has 1 aliphatic heterocycles. The van der Waals surface area contributed by atoms with Crippen LogP contribution in [0.15, 0.2) is 18.2 Å². The van der Waals surface area contributed by atoms with Gasteiger partial charge in [0.05, 0.1) is 16.3 Å². The number of anilines is 1. The van der Waals surface area contributed by atoms with Crippen molar-refractivity contribution in [1.29, 1.82) is 0 Å². The summed E-state index contributed by atoms with van der Waals surface area (Å²) in [6, 6.07) is 6.64. The van der Waals surface area contributed by atoms with Crippen molar-refractivity contribution < 1.29 is 5.11 Å². The third-order valence-corrected chi connectivity index (χ3v) is 4.69. The van der Waals surface area contributed by atoms with E-state index in [9.17, 15) is 5.11 Å². The second kappa shape index (κ2) is 6.99. The van der Waals surface area contributed by atoms with E-state index in [1.165, 1.54) is 5.56 Å². The monoisotopic (exact) mass is 310 g/mol. The van der Waals surface area contributed by atoms with Crippen molar-refractivity contribution in [3.8, 4) is 0 Å². The van der Waals surface area contributed by atoms with Gasteiger partial charge in [-0.15, -0.1) is 0 Å². The van der Waals surface area contributed by atoms with Gasteiger partial charge in [0.1, 0.15) is 0 Å². The summed E-state index contributed by atoms with van der Waals surface area (Å²) >= 11 is 6.50. The highest BCUT2D eigenvalue weighted by molar-refractivity contribution is 6.33. The molecule has 1 aliphatic rings. The molecule has 2 unspecified atom stereocenters. The Bertz CT molecular complexity index is 476. The van der Waals surface area contributed by atoms with Crippen molar-refractivity contribution in [2.24, 2.45) is 0 Å². The van der Waals surface area contributed by atoms with Crippen LogP contribution in [0.2, 0.25) is 5.02 Å². The molecule has 0 aliphatic carbocycles. The van der Waals surface area contributed by atoms with Gasteiger partial charge in [-0.2, -0.15) is 0 Å². The lowest BCUT2D eigenvalue weighted by Crippen LogP contribution is -2.28. The Balaban J connectivity index is 2.13. The minimum absolute atomic E-state index is 0.311. The van der Waals surface area contributed by atoms with Crippen molar-refractivity contribution in [1.82, 2.24) is 5.32 Å². The normalized spacial score (nSPS) is 24.7.